The third kappa shape index (κ3) is 6.08. The van der Waals surface area contributed by atoms with E-state index in [1.165, 1.54) is 12.1 Å². The summed E-state index contributed by atoms with van der Waals surface area (Å²) in [5.41, 5.74) is 0.435. The quantitative estimate of drug-likeness (QED) is 0.702. The number of nitrogens with zero attached hydrogens (tertiary/aromatic N) is 1. The summed E-state index contributed by atoms with van der Waals surface area (Å²) in [4.78, 5) is 14.2. The monoisotopic (exact) mass is 362 g/mol. The zero-order valence-corrected chi connectivity index (χ0v) is 14.6. The highest BCUT2D eigenvalue weighted by Gasteiger charge is 2.18. The smallest absolute Gasteiger partial charge is 0.238 e. The minimum atomic E-state index is -3.76. The summed E-state index contributed by atoms with van der Waals surface area (Å²) in [6, 6.07) is 6.36. The molecule has 0 saturated carbocycles. The minimum absolute atomic E-state index is 0. The van der Waals surface area contributed by atoms with E-state index in [0.29, 0.717) is 24.7 Å². The molecule has 1 aromatic carbocycles. The molecule has 1 amide bonds. The lowest BCUT2D eigenvalue weighted by Crippen LogP contribution is -2.50. The minimum Gasteiger partial charge on any atom is -0.326 e. The van der Waals surface area contributed by atoms with Gasteiger partial charge in [-0.15, -0.1) is 12.4 Å². The van der Waals surface area contributed by atoms with Crippen LogP contribution >= 0.6 is 12.4 Å². The van der Waals surface area contributed by atoms with Crippen molar-refractivity contribution in [3.05, 3.63) is 24.3 Å². The second kappa shape index (κ2) is 8.60. The maximum atomic E-state index is 12.0. The molecule has 0 radical (unpaired) electrons. The van der Waals surface area contributed by atoms with Crippen molar-refractivity contribution in [2.75, 3.05) is 31.5 Å². The van der Waals surface area contributed by atoms with Gasteiger partial charge >= 0.3 is 0 Å². The van der Waals surface area contributed by atoms with Crippen molar-refractivity contribution in [2.45, 2.75) is 24.3 Å². The summed E-state index contributed by atoms with van der Waals surface area (Å²) in [6.07, 6.45) is 0.365. The van der Waals surface area contributed by atoms with Crippen molar-refractivity contribution in [1.82, 2.24) is 10.2 Å². The number of benzene rings is 1. The van der Waals surface area contributed by atoms with Gasteiger partial charge in [0.25, 0.3) is 0 Å². The van der Waals surface area contributed by atoms with Gasteiger partial charge in [-0.25, -0.2) is 13.6 Å². The predicted octanol–water partition coefficient (Wildman–Crippen LogP) is 0.378. The van der Waals surface area contributed by atoms with Crippen molar-refractivity contribution >= 4 is 34.0 Å². The van der Waals surface area contributed by atoms with Crippen LogP contribution in [0.25, 0.3) is 0 Å². The summed E-state index contributed by atoms with van der Waals surface area (Å²) in [6.45, 7) is 5.60. The van der Waals surface area contributed by atoms with E-state index in [2.05, 4.69) is 22.5 Å². The SMILES string of the molecule is C[C@H]1CNCCN1CCC(=O)Nc1cccc(S(N)(=O)=O)c1.Cl. The van der Waals surface area contributed by atoms with Gasteiger partial charge in [-0.2, -0.15) is 0 Å². The van der Waals surface area contributed by atoms with Crippen LogP contribution in [0.1, 0.15) is 13.3 Å². The van der Waals surface area contributed by atoms with E-state index in [-0.39, 0.29) is 23.2 Å². The van der Waals surface area contributed by atoms with Gasteiger partial charge in [0.15, 0.2) is 0 Å². The molecular weight excluding hydrogens is 340 g/mol. The van der Waals surface area contributed by atoms with Crippen molar-refractivity contribution in [2.24, 2.45) is 5.14 Å². The van der Waals surface area contributed by atoms with Crippen LogP contribution in [0.15, 0.2) is 29.2 Å². The van der Waals surface area contributed by atoms with E-state index in [0.717, 1.165) is 19.6 Å². The van der Waals surface area contributed by atoms with Gasteiger partial charge in [-0.1, -0.05) is 6.07 Å². The molecule has 1 aromatic rings. The molecule has 0 aromatic heterocycles. The van der Waals surface area contributed by atoms with Crippen LogP contribution in [0.5, 0.6) is 0 Å². The fraction of sp³-hybridized carbons (Fsp3) is 0.500. The number of nitrogens with one attached hydrogen (secondary N) is 2. The summed E-state index contributed by atoms with van der Waals surface area (Å²) in [7, 11) is -3.76. The molecule has 23 heavy (non-hydrogen) atoms. The lowest BCUT2D eigenvalue weighted by Gasteiger charge is -2.33. The number of piperazine rings is 1. The van der Waals surface area contributed by atoms with Crippen LogP contribution in [0.3, 0.4) is 0 Å². The van der Waals surface area contributed by atoms with E-state index in [4.69, 9.17) is 5.14 Å². The van der Waals surface area contributed by atoms with Gasteiger partial charge < -0.3 is 10.6 Å². The Morgan fingerprint density at radius 2 is 2.22 bits per heavy atom. The summed E-state index contributed by atoms with van der Waals surface area (Å²) < 4.78 is 22.6. The van der Waals surface area contributed by atoms with E-state index < -0.39 is 10.0 Å². The fourth-order valence-corrected chi connectivity index (χ4v) is 2.99. The maximum absolute atomic E-state index is 12.0. The molecule has 0 bridgehead atoms. The van der Waals surface area contributed by atoms with E-state index in [1.54, 1.807) is 12.1 Å². The molecule has 7 nitrogen and oxygen atoms in total. The number of sulfonamides is 1. The largest absolute Gasteiger partial charge is 0.326 e. The molecule has 1 fully saturated rings. The van der Waals surface area contributed by atoms with Gasteiger partial charge in [0.1, 0.15) is 0 Å². The van der Waals surface area contributed by atoms with Gasteiger partial charge in [0.05, 0.1) is 4.90 Å². The lowest BCUT2D eigenvalue weighted by molar-refractivity contribution is -0.116. The van der Waals surface area contributed by atoms with Crippen LogP contribution in [-0.4, -0.2) is 51.4 Å². The topological polar surface area (TPSA) is 105 Å². The zero-order chi connectivity index (χ0) is 16.2. The molecule has 4 N–H and O–H groups in total. The van der Waals surface area contributed by atoms with Crippen molar-refractivity contribution in [3.63, 3.8) is 0 Å². The van der Waals surface area contributed by atoms with Crippen LogP contribution < -0.4 is 15.8 Å². The highest BCUT2D eigenvalue weighted by atomic mass is 35.5. The van der Waals surface area contributed by atoms with E-state index in [9.17, 15) is 13.2 Å². The molecule has 0 aliphatic carbocycles. The number of hydrogen-bond acceptors (Lipinski definition) is 5. The Morgan fingerprint density at radius 3 is 2.87 bits per heavy atom. The van der Waals surface area contributed by atoms with Crippen molar-refractivity contribution in [1.29, 1.82) is 0 Å². The lowest BCUT2D eigenvalue weighted by atomic mass is 10.2. The number of carbonyl (C=O) groups is 1. The summed E-state index contributed by atoms with van der Waals surface area (Å²) in [5, 5.41) is 11.1. The molecule has 9 heteroatoms. The van der Waals surface area contributed by atoms with Crippen molar-refractivity contribution in [3.8, 4) is 0 Å². The third-order valence-corrected chi connectivity index (χ3v) is 4.62. The molecule has 130 valence electrons. The Kier molecular flexibility index (Phi) is 7.43. The molecule has 2 rings (SSSR count). The van der Waals surface area contributed by atoms with Crippen molar-refractivity contribution < 1.29 is 13.2 Å². The first-order chi connectivity index (χ1) is 10.4. The zero-order valence-electron chi connectivity index (χ0n) is 13.0. The normalized spacial score (nSPS) is 19.0. The molecule has 0 unspecified atom stereocenters. The van der Waals surface area contributed by atoms with Gasteiger partial charge in [-0.3, -0.25) is 9.69 Å². The highest BCUT2D eigenvalue weighted by molar-refractivity contribution is 7.89. The Morgan fingerprint density at radius 1 is 1.48 bits per heavy atom. The highest BCUT2D eigenvalue weighted by Crippen LogP contribution is 2.14. The number of primary sulfonamides is 1. The molecule has 1 saturated heterocycles. The number of nitrogens with two attached hydrogens (primary N) is 1. The first-order valence-electron chi connectivity index (χ1n) is 7.24. The molecule has 1 heterocycles. The molecular formula is C14H23ClN4O3S. The van der Waals surface area contributed by atoms with Crippen LogP contribution in [0, 0.1) is 0 Å². The molecule has 1 aliphatic heterocycles. The molecule has 0 spiro atoms. The van der Waals surface area contributed by atoms with Gasteiger partial charge in [-0.05, 0) is 25.1 Å². The third-order valence-electron chi connectivity index (χ3n) is 3.71. The molecule has 1 atom stereocenters. The summed E-state index contributed by atoms with van der Waals surface area (Å²) >= 11 is 0. The van der Waals surface area contributed by atoms with Crippen LogP contribution in [-0.2, 0) is 14.8 Å². The summed E-state index contributed by atoms with van der Waals surface area (Å²) in [5.74, 6) is -0.141. The number of halogens is 1. The first-order valence-corrected chi connectivity index (χ1v) is 8.78. The standard InChI is InChI=1S/C14H22N4O3S.ClH/c1-11-10-16-6-8-18(11)7-5-14(19)17-12-3-2-4-13(9-12)22(15,20)21;/h2-4,9,11,16H,5-8,10H2,1H3,(H,17,19)(H2,15,20,21);1H/t11-;/m0./s1. The number of anilines is 1. The maximum Gasteiger partial charge on any atom is 0.238 e. The number of carbonyl (C=O) groups excluding carboxylic acids is 1. The number of hydrogen-bond donors (Lipinski definition) is 3. The Balaban J connectivity index is 0.00000264. The Bertz CT molecular complexity index is 639. The average Bonchev–Trinajstić information content (AvgIpc) is 2.46. The van der Waals surface area contributed by atoms with Crippen LogP contribution in [0.4, 0.5) is 5.69 Å². The fourth-order valence-electron chi connectivity index (χ4n) is 2.43. The number of rotatable bonds is 5. The van der Waals surface area contributed by atoms with Gasteiger partial charge in [0.2, 0.25) is 15.9 Å². The van der Waals surface area contributed by atoms with Crippen LogP contribution in [0.2, 0.25) is 0 Å². The Hall–Kier alpha value is -1.19. The molecule has 1 aliphatic rings. The Labute approximate surface area is 143 Å². The number of amides is 1. The second-order valence-corrected chi connectivity index (χ2v) is 7.02. The predicted molar refractivity (Wildman–Crippen MR) is 92.2 cm³/mol. The second-order valence-electron chi connectivity index (χ2n) is 5.46. The van der Waals surface area contributed by atoms with E-state index in [1.807, 2.05) is 0 Å². The first kappa shape index (κ1) is 19.9. The van der Waals surface area contributed by atoms with E-state index >= 15 is 0 Å². The van der Waals surface area contributed by atoms with Gasteiger partial charge in [0, 0.05) is 44.3 Å². The average molecular weight is 363 g/mol.